The third-order valence-corrected chi connectivity index (χ3v) is 5.82. The van der Waals surface area contributed by atoms with Crippen molar-refractivity contribution in [3.05, 3.63) is 70.6 Å². The van der Waals surface area contributed by atoms with E-state index >= 15 is 0 Å². The number of piperidine rings is 1. The van der Waals surface area contributed by atoms with Crippen molar-refractivity contribution in [2.75, 3.05) is 20.2 Å². The van der Waals surface area contributed by atoms with Crippen LogP contribution in [0.3, 0.4) is 0 Å². The molecule has 7 nitrogen and oxygen atoms in total. The number of aromatic amines is 1. The third-order valence-electron chi connectivity index (χ3n) is 5.82. The summed E-state index contributed by atoms with van der Waals surface area (Å²) in [7, 11) is 2.02. The molecule has 1 aliphatic rings. The number of carbonyl (C=O) groups is 1. The Balaban J connectivity index is 1.63. The quantitative estimate of drug-likeness (QED) is 0.701. The van der Waals surface area contributed by atoms with Crippen LogP contribution in [-0.2, 0) is 11.3 Å². The Labute approximate surface area is 175 Å². The number of benzene rings is 2. The molecule has 30 heavy (non-hydrogen) atoms. The van der Waals surface area contributed by atoms with Crippen molar-refractivity contribution in [3.8, 4) is 0 Å². The largest absolute Gasteiger partial charge is 0.450 e. The molecule has 2 atom stereocenters. The summed E-state index contributed by atoms with van der Waals surface area (Å²) in [6, 6.07) is 17.9. The fourth-order valence-electron chi connectivity index (χ4n) is 4.41. The molecule has 0 aliphatic carbocycles. The zero-order chi connectivity index (χ0) is 21.1. The van der Waals surface area contributed by atoms with Crippen LogP contribution in [0, 0.1) is 0 Å². The highest BCUT2D eigenvalue weighted by molar-refractivity contribution is 5.75. The molecule has 0 saturated carbocycles. The van der Waals surface area contributed by atoms with Crippen LogP contribution in [0.1, 0.15) is 31.4 Å². The number of carbonyl (C=O) groups excluding carboxylic acids is 1. The number of para-hydroxylation sites is 2. The number of fused-ring (bicyclic) bond motifs is 1. The SMILES string of the molecule is CCOC(=O)N1CCC(n2c(=O)[nH]c3ccccc32)CC1N(C)Cc1ccccc1. The standard InChI is InChI=1S/C23H28N4O3/c1-3-30-23(29)26-14-13-18(27-20-12-8-7-11-19(20)24-22(27)28)15-21(26)25(2)16-17-9-5-4-6-10-17/h4-12,18,21H,3,13-16H2,1-2H3,(H,24,28). The second kappa shape index (κ2) is 8.75. The molecule has 1 aliphatic heterocycles. The fourth-order valence-corrected chi connectivity index (χ4v) is 4.41. The van der Waals surface area contributed by atoms with Crippen LogP contribution in [0.25, 0.3) is 11.0 Å². The van der Waals surface area contributed by atoms with Gasteiger partial charge in [-0.3, -0.25) is 14.4 Å². The lowest BCUT2D eigenvalue weighted by molar-refractivity contribution is 0.00285. The molecule has 1 N–H and O–H groups in total. The second-order valence-electron chi connectivity index (χ2n) is 7.77. The summed E-state index contributed by atoms with van der Waals surface area (Å²) in [5, 5.41) is 0. The molecule has 7 heteroatoms. The Morgan fingerprint density at radius 1 is 1.17 bits per heavy atom. The Hall–Kier alpha value is -3.06. The van der Waals surface area contributed by atoms with Crippen LogP contribution >= 0.6 is 0 Å². The van der Waals surface area contributed by atoms with E-state index in [1.807, 2.05) is 61.0 Å². The van der Waals surface area contributed by atoms with E-state index in [2.05, 4.69) is 22.0 Å². The average Bonchev–Trinajstić information content (AvgIpc) is 3.10. The highest BCUT2D eigenvalue weighted by Gasteiger charge is 2.36. The number of nitrogens with one attached hydrogen (secondary N) is 1. The van der Waals surface area contributed by atoms with E-state index in [-0.39, 0.29) is 24.0 Å². The summed E-state index contributed by atoms with van der Waals surface area (Å²) >= 11 is 0. The Morgan fingerprint density at radius 3 is 2.67 bits per heavy atom. The molecular formula is C23H28N4O3. The molecule has 4 rings (SSSR count). The van der Waals surface area contributed by atoms with E-state index in [4.69, 9.17) is 4.74 Å². The molecule has 2 unspecified atom stereocenters. The Bertz CT molecular complexity index is 1060. The summed E-state index contributed by atoms with van der Waals surface area (Å²) in [6.07, 6.45) is 0.899. The summed E-state index contributed by atoms with van der Waals surface area (Å²) in [5.74, 6) is 0. The molecule has 158 valence electrons. The van der Waals surface area contributed by atoms with Crippen molar-refractivity contribution in [2.45, 2.75) is 38.5 Å². The topological polar surface area (TPSA) is 70.6 Å². The number of hydrogen-bond donors (Lipinski definition) is 1. The van der Waals surface area contributed by atoms with Gasteiger partial charge in [0.1, 0.15) is 0 Å². The first-order chi connectivity index (χ1) is 14.6. The molecule has 1 saturated heterocycles. The number of nitrogens with zero attached hydrogens (tertiary/aromatic N) is 3. The zero-order valence-corrected chi connectivity index (χ0v) is 17.5. The molecule has 2 heterocycles. The van der Waals surface area contributed by atoms with Crippen molar-refractivity contribution in [3.63, 3.8) is 0 Å². The zero-order valence-electron chi connectivity index (χ0n) is 17.5. The Kier molecular flexibility index (Phi) is 5.90. The van der Waals surface area contributed by atoms with Gasteiger partial charge >= 0.3 is 11.8 Å². The maximum Gasteiger partial charge on any atom is 0.411 e. The van der Waals surface area contributed by atoms with Gasteiger partial charge in [-0.05, 0) is 38.1 Å². The van der Waals surface area contributed by atoms with Crippen molar-refractivity contribution in [1.29, 1.82) is 0 Å². The fraction of sp³-hybridized carbons (Fsp3) is 0.391. The minimum atomic E-state index is -0.299. The van der Waals surface area contributed by atoms with E-state index in [0.717, 1.165) is 11.0 Å². The molecule has 0 radical (unpaired) electrons. The van der Waals surface area contributed by atoms with Gasteiger partial charge in [0.2, 0.25) is 0 Å². The van der Waals surface area contributed by atoms with Crippen LogP contribution < -0.4 is 5.69 Å². The van der Waals surface area contributed by atoms with E-state index in [1.165, 1.54) is 5.56 Å². The third kappa shape index (κ3) is 3.98. The normalized spacial score (nSPS) is 19.4. The molecule has 2 aromatic carbocycles. The number of likely N-dealkylation sites (tertiary alicyclic amines) is 1. The molecule has 3 aromatic rings. The average molecular weight is 409 g/mol. The number of rotatable bonds is 5. The van der Waals surface area contributed by atoms with Crippen LogP contribution in [-0.4, -0.2) is 51.8 Å². The predicted octanol–water partition coefficient (Wildman–Crippen LogP) is 3.58. The van der Waals surface area contributed by atoms with Gasteiger partial charge in [-0.25, -0.2) is 9.59 Å². The van der Waals surface area contributed by atoms with Gasteiger partial charge in [0, 0.05) is 25.6 Å². The van der Waals surface area contributed by atoms with Crippen molar-refractivity contribution in [1.82, 2.24) is 19.4 Å². The number of aromatic nitrogens is 2. The van der Waals surface area contributed by atoms with Crippen molar-refractivity contribution in [2.24, 2.45) is 0 Å². The summed E-state index contributed by atoms with van der Waals surface area (Å²) in [6.45, 7) is 3.41. The summed E-state index contributed by atoms with van der Waals surface area (Å²) < 4.78 is 7.17. The van der Waals surface area contributed by atoms with Gasteiger partial charge in [-0.15, -0.1) is 0 Å². The van der Waals surface area contributed by atoms with Crippen molar-refractivity contribution < 1.29 is 9.53 Å². The first-order valence-corrected chi connectivity index (χ1v) is 10.4. The van der Waals surface area contributed by atoms with Gasteiger partial charge in [-0.1, -0.05) is 42.5 Å². The number of amides is 1. The Morgan fingerprint density at radius 2 is 1.90 bits per heavy atom. The van der Waals surface area contributed by atoms with Crippen LogP contribution in [0.4, 0.5) is 4.79 Å². The van der Waals surface area contributed by atoms with Crippen LogP contribution in [0.5, 0.6) is 0 Å². The molecule has 0 spiro atoms. The van der Waals surface area contributed by atoms with E-state index < -0.39 is 0 Å². The highest BCUT2D eigenvalue weighted by Crippen LogP contribution is 2.31. The molecular weight excluding hydrogens is 380 g/mol. The predicted molar refractivity (Wildman–Crippen MR) is 116 cm³/mol. The first kappa shape index (κ1) is 20.2. The highest BCUT2D eigenvalue weighted by atomic mass is 16.6. The minimum Gasteiger partial charge on any atom is -0.450 e. The van der Waals surface area contributed by atoms with E-state index in [0.29, 0.717) is 32.5 Å². The lowest BCUT2D eigenvalue weighted by Gasteiger charge is -2.43. The molecule has 1 amide bonds. The number of ether oxygens (including phenoxy) is 1. The monoisotopic (exact) mass is 408 g/mol. The summed E-state index contributed by atoms with van der Waals surface area (Å²) in [4.78, 5) is 32.3. The van der Waals surface area contributed by atoms with Gasteiger partial charge in [0.15, 0.2) is 0 Å². The van der Waals surface area contributed by atoms with E-state index in [1.54, 1.807) is 4.90 Å². The van der Waals surface area contributed by atoms with Gasteiger partial charge in [0.05, 0.1) is 23.8 Å². The lowest BCUT2D eigenvalue weighted by atomic mass is 10.0. The molecule has 1 fully saturated rings. The van der Waals surface area contributed by atoms with E-state index in [9.17, 15) is 9.59 Å². The smallest absolute Gasteiger partial charge is 0.411 e. The van der Waals surface area contributed by atoms with Crippen LogP contribution in [0.2, 0.25) is 0 Å². The number of hydrogen-bond acceptors (Lipinski definition) is 4. The molecule has 1 aromatic heterocycles. The van der Waals surface area contributed by atoms with Crippen molar-refractivity contribution >= 4 is 17.1 Å². The van der Waals surface area contributed by atoms with Gasteiger partial charge in [-0.2, -0.15) is 0 Å². The maximum atomic E-state index is 12.7. The number of H-pyrrole nitrogens is 1. The minimum absolute atomic E-state index is 0.00236. The number of imidazole rings is 1. The lowest BCUT2D eigenvalue weighted by Crippen LogP contribution is -2.54. The van der Waals surface area contributed by atoms with Crippen LogP contribution in [0.15, 0.2) is 59.4 Å². The van der Waals surface area contributed by atoms with Gasteiger partial charge < -0.3 is 9.72 Å². The first-order valence-electron chi connectivity index (χ1n) is 10.4. The molecule has 0 bridgehead atoms. The second-order valence-corrected chi connectivity index (χ2v) is 7.77. The van der Waals surface area contributed by atoms with Gasteiger partial charge in [0.25, 0.3) is 0 Å². The summed E-state index contributed by atoms with van der Waals surface area (Å²) in [5.41, 5.74) is 2.82. The maximum absolute atomic E-state index is 12.7.